The van der Waals surface area contributed by atoms with E-state index in [1.165, 1.54) is 76.3 Å². The Labute approximate surface area is 342 Å². The van der Waals surface area contributed by atoms with Crippen molar-refractivity contribution in [2.75, 3.05) is 4.90 Å². The van der Waals surface area contributed by atoms with Crippen LogP contribution in [0.2, 0.25) is 0 Å². The Morgan fingerprint density at radius 2 is 1.00 bits per heavy atom. The highest BCUT2D eigenvalue weighted by atomic mass is 16.5. The highest BCUT2D eigenvalue weighted by Crippen LogP contribution is 2.59. The first kappa shape index (κ1) is 32.8. The van der Waals surface area contributed by atoms with E-state index in [0.717, 1.165) is 45.5 Å². The van der Waals surface area contributed by atoms with Gasteiger partial charge in [0.1, 0.15) is 23.0 Å². The highest BCUT2D eigenvalue weighted by molar-refractivity contribution is 7.01. The van der Waals surface area contributed by atoms with Crippen molar-refractivity contribution >= 4 is 83.3 Å². The Kier molecular flexibility index (Phi) is 6.59. The van der Waals surface area contributed by atoms with Crippen LogP contribution in [0.1, 0.15) is 25.0 Å². The van der Waals surface area contributed by atoms with Gasteiger partial charge in [-0.05, 0) is 102 Å². The van der Waals surface area contributed by atoms with Gasteiger partial charge in [0.25, 0.3) is 6.71 Å². The number of para-hydroxylation sites is 1. The molecule has 4 heteroatoms. The Morgan fingerprint density at radius 3 is 1.69 bits per heavy atom. The van der Waals surface area contributed by atoms with Gasteiger partial charge in [-0.3, -0.25) is 0 Å². The van der Waals surface area contributed by atoms with Gasteiger partial charge in [-0.15, -0.1) is 0 Å². The molecule has 0 N–H and O–H groups in total. The molecular formula is C55H36BNO2. The third-order valence-electron chi connectivity index (χ3n) is 13.3. The maximum absolute atomic E-state index is 7.36. The van der Waals surface area contributed by atoms with E-state index in [1.807, 2.05) is 0 Å². The van der Waals surface area contributed by atoms with Gasteiger partial charge in [0.2, 0.25) is 0 Å². The van der Waals surface area contributed by atoms with Crippen LogP contribution in [-0.4, -0.2) is 6.71 Å². The summed E-state index contributed by atoms with van der Waals surface area (Å²) in [7, 11) is 0. The summed E-state index contributed by atoms with van der Waals surface area (Å²) in [6.07, 6.45) is 0. The van der Waals surface area contributed by atoms with Crippen LogP contribution in [0.3, 0.4) is 0 Å². The molecule has 3 aliphatic rings. The standard InChI is InChI=1S/C55H36BNO2/c1-55(2)43-32-45(57(36-19-4-3-5-20-36)44-26-14-18-33-15-6-9-21-37(33)44)40-24-12-13-25-41(40)49(43)42-31-48-53-54(50(42)55)59-47-30-28-35-17-8-11-23-39(35)52(47)56(53)51-38-22-10-7-16-34(38)27-29-46(51)58-48/h3-32H,1-2H3. The molecule has 10 aromatic rings. The van der Waals surface area contributed by atoms with Crippen molar-refractivity contribution in [2.45, 2.75) is 19.3 Å². The van der Waals surface area contributed by atoms with E-state index in [1.54, 1.807) is 0 Å². The molecule has 10 aromatic carbocycles. The molecule has 0 aromatic heterocycles. The van der Waals surface area contributed by atoms with Crippen LogP contribution in [0.25, 0.3) is 54.2 Å². The number of benzene rings is 10. The SMILES string of the molecule is CC1(C)c2cc(N(c3ccccc3)c3cccc4ccccc34)c3ccccc3c2-c2cc3c4c(c21)Oc1ccc2ccccc2c1B4c1c(ccc2ccccc12)O3. The van der Waals surface area contributed by atoms with Gasteiger partial charge in [-0.25, -0.2) is 0 Å². The van der Waals surface area contributed by atoms with Crippen molar-refractivity contribution in [3.8, 4) is 34.1 Å². The summed E-state index contributed by atoms with van der Waals surface area (Å²) in [6, 6.07) is 66.0. The second-order valence-corrected chi connectivity index (χ2v) is 16.7. The topological polar surface area (TPSA) is 21.7 Å². The van der Waals surface area contributed by atoms with E-state index in [-0.39, 0.29) is 6.71 Å². The maximum Gasteiger partial charge on any atom is 0.262 e. The first-order valence-corrected chi connectivity index (χ1v) is 20.5. The lowest BCUT2D eigenvalue weighted by molar-refractivity contribution is 0.454. The monoisotopic (exact) mass is 753 g/mol. The van der Waals surface area contributed by atoms with Gasteiger partial charge in [0.05, 0.1) is 11.4 Å². The summed E-state index contributed by atoms with van der Waals surface area (Å²) in [6.45, 7) is 4.68. The van der Waals surface area contributed by atoms with Crippen molar-refractivity contribution in [3.05, 3.63) is 193 Å². The van der Waals surface area contributed by atoms with Crippen molar-refractivity contribution in [1.82, 2.24) is 0 Å². The zero-order valence-electron chi connectivity index (χ0n) is 32.7. The average molecular weight is 754 g/mol. The Morgan fingerprint density at radius 1 is 0.441 bits per heavy atom. The van der Waals surface area contributed by atoms with Gasteiger partial charge >= 0.3 is 0 Å². The smallest absolute Gasteiger partial charge is 0.262 e. The van der Waals surface area contributed by atoms with Crippen molar-refractivity contribution in [3.63, 3.8) is 0 Å². The van der Waals surface area contributed by atoms with Crippen molar-refractivity contribution < 1.29 is 9.47 Å². The van der Waals surface area contributed by atoms with Crippen LogP contribution in [-0.2, 0) is 5.41 Å². The molecule has 0 bridgehead atoms. The molecule has 0 saturated heterocycles. The largest absolute Gasteiger partial charge is 0.458 e. The Balaban J connectivity index is 1.11. The summed E-state index contributed by atoms with van der Waals surface area (Å²) >= 11 is 0. The summed E-state index contributed by atoms with van der Waals surface area (Å²) in [5, 5.41) is 9.64. The van der Waals surface area contributed by atoms with Crippen molar-refractivity contribution in [2.24, 2.45) is 0 Å². The Bertz CT molecular complexity index is 3390. The van der Waals surface area contributed by atoms with Gasteiger partial charge in [-0.1, -0.05) is 153 Å². The second-order valence-electron chi connectivity index (χ2n) is 16.7. The minimum atomic E-state index is -0.424. The molecule has 1 aliphatic carbocycles. The predicted molar refractivity (Wildman–Crippen MR) is 246 cm³/mol. The lowest BCUT2D eigenvalue weighted by Gasteiger charge is -2.37. The molecule has 0 fully saturated rings. The number of ether oxygens (including phenoxy) is 2. The molecule has 0 amide bonds. The summed E-state index contributed by atoms with van der Waals surface area (Å²) in [4.78, 5) is 2.46. The van der Waals surface area contributed by atoms with Crippen LogP contribution in [0, 0.1) is 0 Å². The maximum atomic E-state index is 7.36. The van der Waals surface area contributed by atoms with Gasteiger partial charge in [-0.2, -0.15) is 0 Å². The number of hydrogen-bond donors (Lipinski definition) is 0. The second kappa shape index (κ2) is 11.9. The van der Waals surface area contributed by atoms with Gasteiger partial charge < -0.3 is 14.4 Å². The zero-order valence-corrected chi connectivity index (χ0v) is 32.7. The van der Waals surface area contributed by atoms with Crippen molar-refractivity contribution in [1.29, 1.82) is 0 Å². The van der Waals surface area contributed by atoms with E-state index in [9.17, 15) is 0 Å². The molecule has 0 spiro atoms. The molecular weight excluding hydrogens is 717 g/mol. The summed E-state index contributed by atoms with van der Waals surface area (Å²) < 4.78 is 14.5. The summed E-state index contributed by atoms with van der Waals surface area (Å²) in [5.74, 6) is 3.59. The van der Waals surface area contributed by atoms with E-state index >= 15 is 0 Å². The third-order valence-corrected chi connectivity index (χ3v) is 13.3. The predicted octanol–water partition coefficient (Wildman–Crippen LogP) is 12.8. The lowest BCUT2D eigenvalue weighted by atomic mass is 9.33. The fourth-order valence-electron chi connectivity index (χ4n) is 10.8. The van der Waals surface area contributed by atoms with Crippen LogP contribution in [0.4, 0.5) is 17.1 Å². The van der Waals surface area contributed by atoms with E-state index in [4.69, 9.17) is 9.47 Å². The van der Waals surface area contributed by atoms with Crippen LogP contribution in [0.15, 0.2) is 182 Å². The van der Waals surface area contributed by atoms with E-state index < -0.39 is 5.41 Å². The quantitative estimate of drug-likeness (QED) is 0.168. The molecule has 13 rings (SSSR count). The lowest BCUT2D eigenvalue weighted by Crippen LogP contribution is -2.58. The minimum absolute atomic E-state index is 0.0817. The van der Waals surface area contributed by atoms with E-state index in [0.29, 0.717) is 0 Å². The average Bonchev–Trinajstić information content (AvgIpc) is 3.51. The molecule has 276 valence electrons. The molecule has 3 nitrogen and oxygen atoms in total. The van der Waals surface area contributed by atoms with E-state index in [2.05, 4.69) is 201 Å². The number of nitrogens with zero attached hydrogens (tertiary/aromatic N) is 1. The molecule has 0 radical (unpaired) electrons. The number of fused-ring (bicyclic) bond motifs is 15. The fraction of sp³-hybridized carbons (Fsp3) is 0.0545. The molecule has 2 aliphatic heterocycles. The zero-order chi connectivity index (χ0) is 39.0. The number of rotatable bonds is 3. The van der Waals surface area contributed by atoms with Gasteiger partial charge in [0, 0.05) is 32.9 Å². The first-order chi connectivity index (χ1) is 29.0. The first-order valence-electron chi connectivity index (χ1n) is 20.5. The minimum Gasteiger partial charge on any atom is -0.458 e. The fourth-order valence-corrected chi connectivity index (χ4v) is 10.8. The molecule has 59 heavy (non-hydrogen) atoms. The summed E-state index contributed by atoms with van der Waals surface area (Å²) in [5.41, 5.74) is 11.4. The highest BCUT2D eigenvalue weighted by Gasteiger charge is 2.49. The number of hydrogen-bond acceptors (Lipinski definition) is 3. The molecule has 0 unspecified atom stereocenters. The van der Waals surface area contributed by atoms with Crippen LogP contribution in [0.5, 0.6) is 23.0 Å². The Hall–Kier alpha value is -7.30. The van der Waals surface area contributed by atoms with Crippen LogP contribution >= 0.6 is 0 Å². The third kappa shape index (κ3) is 4.43. The van der Waals surface area contributed by atoms with Crippen LogP contribution < -0.4 is 30.8 Å². The normalized spacial score (nSPS) is 14.0. The molecule has 0 atom stereocenters. The number of anilines is 3. The molecule has 2 heterocycles. The van der Waals surface area contributed by atoms with Gasteiger partial charge in [0.15, 0.2) is 0 Å². The molecule has 0 saturated carbocycles.